The number of rotatable bonds is 16. The van der Waals surface area contributed by atoms with Crippen molar-refractivity contribution in [3.8, 4) is 39.6 Å². The molecule has 0 saturated carbocycles. The fraction of sp³-hybridized carbons (Fsp3) is 0.250. The zero-order valence-corrected chi connectivity index (χ0v) is 27.3. The molecule has 47 heavy (non-hydrogen) atoms. The minimum Gasteiger partial charge on any atom is -0.490 e. The van der Waals surface area contributed by atoms with E-state index in [-0.39, 0.29) is 43.4 Å². The molecule has 0 aliphatic heterocycles. The van der Waals surface area contributed by atoms with Gasteiger partial charge in [-0.2, -0.15) is 10.5 Å². The molecular weight excluding hydrogens is 664 g/mol. The summed E-state index contributed by atoms with van der Waals surface area (Å²) in [5, 5.41) is 35.3. The molecular formula is C32H29ClN6O6S2. The molecule has 0 saturated heterocycles. The van der Waals surface area contributed by atoms with Gasteiger partial charge in [0.2, 0.25) is 0 Å². The smallest absolute Gasteiger partial charge is 0.317 e. The maximum absolute atomic E-state index is 11.9. The fourth-order valence-electron chi connectivity index (χ4n) is 4.13. The topological polar surface area (TPSA) is 193 Å². The van der Waals surface area contributed by atoms with E-state index in [0.29, 0.717) is 45.8 Å². The van der Waals surface area contributed by atoms with Crippen molar-refractivity contribution in [2.45, 2.75) is 17.2 Å². The van der Waals surface area contributed by atoms with Gasteiger partial charge in [0.05, 0.1) is 17.9 Å². The first-order valence-electron chi connectivity index (χ1n) is 14.2. The number of aromatic nitrogens is 2. The van der Waals surface area contributed by atoms with Crippen molar-refractivity contribution in [1.82, 2.24) is 15.3 Å². The van der Waals surface area contributed by atoms with E-state index in [1.807, 2.05) is 17.5 Å². The number of aliphatic hydroxyl groups excluding tert-OH is 1. The molecule has 2 heterocycles. The highest BCUT2D eigenvalue weighted by Crippen LogP contribution is 2.37. The van der Waals surface area contributed by atoms with Crippen molar-refractivity contribution >= 4 is 52.5 Å². The van der Waals surface area contributed by atoms with E-state index in [0.717, 1.165) is 16.3 Å². The SMILES string of the molecule is N#Cc1c(N)nc(SCc2csc(-c3ccc(Cl)cc3)n2)c(C#N)c1-c1ccc(OCCOC(=O)CC(=O)OCCNCCO)cc1. The van der Waals surface area contributed by atoms with Crippen LogP contribution in [0.4, 0.5) is 5.82 Å². The third kappa shape index (κ3) is 10.1. The number of pyridine rings is 1. The third-order valence-corrected chi connectivity index (χ3v) is 8.49. The zero-order chi connectivity index (χ0) is 33.6. The lowest BCUT2D eigenvalue weighted by Crippen LogP contribution is -2.25. The summed E-state index contributed by atoms with van der Waals surface area (Å²) in [6, 6.07) is 18.4. The van der Waals surface area contributed by atoms with Crippen LogP contribution >= 0.6 is 34.7 Å². The second kappa shape index (κ2) is 17.9. The molecule has 0 aliphatic carbocycles. The number of nitrogens with two attached hydrogens (primary N) is 1. The monoisotopic (exact) mass is 692 g/mol. The number of hydrogen-bond acceptors (Lipinski definition) is 14. The first kappa shape index (κ1) is 35.2. The second-order valence-corrected chi connectivity index (χ2v) is 11.8. The highest BCUT2D eigenvalue weighted by Gasteiger charge is 2.21. The Morgan fingerprint density at radius 2 is 1.62 bits per heavy atom. The van der Waals surface area contributed by atoms with Crippen LogP contribution in [0.25, 0.3) is 21.7 Å². The average Bonchev–Trinajstić information content (AvgIpc) is 3.55. The molecule has 4 rings (SSSR count). The van der Waals surface area contributed by atoms with Crippen LogP contribution in [-0.4, -0.2) is 66.5 Å². The summed E-state index contributed by atoms with van der Waals surface area (Å²) in [5.41, 5.74) is 9.16. The molecule has 0 bridgehead atoms. The van der Waals surface area contributed by atoms with Gasteiger partial charge >= 0.3 is 11.9 Å². The number of thioether (sulfide) groups is 1. The summed E-state index contributed by atoms with van der Waals surface area (Å²) >= 11 is 8.79. The number of carbonyl (C=O) groups is 2. The standard InChI is InChI=1S/C32H29ClN6O6S2/c33-22-5-1-21(2-6-22)31-38-23(18-46-31)19-47-32-26(17-35)29(25(16-34)30(36)39-32)20-3-7-24(8-4-20)43-13-14-45-28(42)15-27(41)44-12-10-37-9-11-40/h1-8,18,37,40H,9-15,19H2,(H2,36,39). The highest BCUT2D eigenvalue weighted by molar-refractivity contribution is 7.98. The van der Waals surface area contributed by atoms with Crippen LogP contribution in [0.3, 0.4) is 0 Å². The van der Waals surface area contributed by atoms with Gasteiger partial charge in [0.15, 0.2) is 0 Å². The number of carbonyl (C=O) groups excluding carboxylic acids is 2. The molecule has 0 radical (unpaired) electrons. The lowest BCUT2D eigenvalue weighted by Gasteiger charge is -2.13. The Labute approximate surface area is 284 Å². The molecule has 12 nitrogen and oxygen atoms in total. The maximum atomic E-state index is 11.9. The Kier molecular flexibility index (Phi) is 13.4. The minimum atomic E-state index is -0.744. The summed E-state index contributed by atoms with van der Waals surface area (Å²) in [7, 11) is 0. The van der Waals surface area contributed by atoms with Gasteiger partial charge in [0.25, 0.3) is 0 Å². The molecule has 242 valence electrons. The van der Waals surface area contributed by atoms with Crippen molar-refractivity contribution in [2.75, 3.05) is 45.3 Å². The van der Waals surface area contributed by atoms with Crippen molar-refractivity contribution in [1.29, 1.82) is 10.5 Å². The molecule has 0 fully saturated rings. The van der Waals surface area contributed by atoms with Gasteiger partial charge in [0.1, 0.15) is 65.5 Å². The summed E-state index contributed by atoms with van der Waals surface area (Å²) in [5.74, 6) is -0.568. The van der Waals surface area contributed by atoms with Crippen LogP contribution in [0.2, 0.25) is 5.02 Å². The molecule has 0 amide bonds. The van der Waals surface area contributed by atoms with Crippen LogP contribution in [0, 0.1) is 22.7 Å². The van der Waals surface area contributed by atoms with Crippen molar-refractivity contribution < 1.29 is 28.9 Å². The normalized spacial score (nSPS) is 10.6. The Morgan fingerprint density at radius 3 is 2.30 bits per heavy atom. The first-order chi connectivity index (χ1) is 22.8. The van der Waals surface area contributed by atoms with Gasteiger partial charge in [-0.3, -0.25) is 9.59 Å². The molecule has 0 aliphatic rings. The molecule has 15 heteroatoms. The molecule has 0 atom stereocenters. The quantitative estimate of drug-likeness (QED) is 0.0640. The lowest BCUT2D eigenvalue weighted by molar-refractivity contribution is -0.154. The number of ether oxygens (including phenoxy) is 3. The number of halogens is 1. The number of nitrogens with zero attached hydrogens (tertiary/aromatic N) is 4. The zero-order valence-electron chi connectivity index (χ0n) is 24.9. The molecule has 4 N–H and O–H groups in total. The Hall–Kier alpha value is -4.70. The van der Waals surface area contributed by atoms with Crippen LogP contribution in [-0.2, 0) is 24.8 Å². The van der Waals surface area contributed by atoms with Crippen LogP contribution < -0.4 is 15.8 Å². The summed E-state index contributed by atoms with van der Waals surface area (Å²) in [6.45, 7) is 0.717. The minimum absolute atomic E-state index is 0.00789. The molecule has 2 aromatic heterocycles. The van der Waals surface area contributed by atoms with Crippen LogP contribution in [0.5, 0.6) is 5.75 Å². The molecule has 4 aromatic rings. The van der Waals surface area contributed by atoms with Crippen molar-refractivity contribution in [3.05, 3.63) is 75.8 Å². The molecule has 0 unspecified atom stereocenters. The van der Waals surface area contributed by atoms with E-state index < -0.39 is 18.4 Å². The number of esters is 2. The summed E-state index contributed by atoms with van der Waals surface area (Å²) in [4.78, 5) is 32.6. The van der Waals surface area contributed by atoms with Crippen LogP contribution in [0.1, 0.15) is 23.2 Å². The Morgan fingerprint density at radius 1 is 0.936 bits per heavy atom. The predicted octanol–water partition coefficient (Wildman–Crippen LogP) is 4.58. The van der Waals surface area contributed by atoms with E-state index in [4.69, 9.17) is 36.7 Å². The number of aliphatic hydroxyl groups is 1. The van der Waals surface area contributed by atoms with Gasteiger partial charge in [-0.15, -0.1) is 11.3 Å². The van der Waals surface area contributed by atoms with E-state index in [1.165, 1.54) is 23.1 Å². The second-order valence-electron chi connectivity index (χ2n) is 9.55. The van der Waals surface area contributed by atoms with Crippen LogP contribution in [0.15, 0.2) is 58.9 Å². The summed E-state index contributed by atoms with van der Waals surface area (Å²) in [6.07, 6.45) is -0.527. The van der Waals surface area contributed by atoms with Gasteiger partial charge in [0, 0.05) is 40.4 Å². The fourth-order valence-corrected chi connectivity index (χ4v) is 6.07. The number of thiazole rings is 1. The van der Waals surface area contributed by atoms with E-state index in [9.17, 15) is 20.1 Å². The predicted molar refractivity (Wildman–Crippen MR) is 178 cm³/mol. The number of benzene rings is 2. The summed E-state index contributed by atoms with van der Waals surface area (Å²) < 4.78 is 15.6. The first-order valence-corrected chi connectivity index (χ1v) is 16.4. The highest BCUT2D eigenvalue weighted by atomic mass is 35.5. The number of anilines is 1. The van der Waals surface area contributed by atoms with Gasteiger partial charge in [-0.05, 0) is 29.8 Å². The number of hydrogen-bond donors (Lipinski definition) is 3. The van der Waals surface area contributed by atoms with Gasteiger partial charge in [-0.1, -0.05) is 47.6 Å². The maximum Gasteiger partial charge on any atom is 0.317 e. The van der Waals surface area contributed by atoms with E-state index in [1.54, 1.807) is 36.4 Å². The van der Waals surface area contributed by atoms with Gasteiger partial charge < -0.3 is 30.4 Å². The molecule has 2 aromatic carbocycles. The average molecular weight is 693 g/mol. The Bertz CT molecular complexity index is 1770. The van der Waals surface area contributed by atoms with Gasteiger partial charge in [-0.25, -0.2) is 9.97 Å². The molecule has 0 spiro atoms. The lowest BCUT2D eigenvalue weighted by atomic mass is 9.97. The Balaban J connectivity index is 1.35. The van der Waals surface area contributed by atoms with E-state index in [2.05, 4.69) is 27.4 Å². The number of nitrogens with one attached hydrogen (secondary N) is 1. The van der Waals surface area contributed by atoms with Crippen molar-refractivity contribution in [2.24, 2.45) is 0 Å². The number of nitriles is 2. The largest absolute Gasteiger partial charge is 0.490 e. The van der Waals surface area contributed by atoms with E-state index >= 15 is 0 Å². The number of nitrogen functional groups attached to an aromatic ring is 1. The third-order valence-electron chi connectivity index (χ3n) is 6.29. The van der Waals surface area contributed by atoms with Crippen molar-refractivity contribution in [3.63, 3.8) is 0 Å².